The molecular formula is C11H14N2O2. The second kappa shape index (κ2) is 4.87. The first-order valence-corrected chi connectivity index (χ1v) is 4.72. The standard InChI is InChI=1S/C11H14N2O2/c1-7-5-8(2)10(13-6-7)11(15)9(14)3-4-12/h5-6,9,11,14-15H,3H2,1-2H3. The maximum Gasteiger partial charge on any atom is 0.123 e. The average molecular weight is 206 g/mol. The van der Waals surface area contributed by atoms with Gasteiger partial charge in [-0.1, -0.05) is 6.07 Å². The Kier molecular flexibility index (Phi) is 3.78. The summed E-state index contributed by atoms with van der Waals surface area (Å²) < 4.78 is 0. The summed E-state index contributed by atoms with van der Waals surface area (Å²) in [7, 11) is 0. The Morgan fingerprint density at radius 2 is 2.13 bits per heavy atom. The molecule has 0 aliphatic carbocycles. The van der Waals surface area contributed by atoms with Crippen molar-refractivity contribution in [1.29, 1.82) is 5.26 Å². The molecule has 15 heavy (non-hydrogen) atoms. The SMILES string of the molecule is Cc1cnc(C(O)C(O)CC#N)c(C)c1. The van der Waals surface area contributed by atoms with E-state index in [-0.39, 0.29) is 6.42 Å². The van der Waals surface area contributed by atoms with Crippen LogP contribution in [-0.4, -0.2) is 21.3 Å². The lowest BCUT2D eigenvalue weighted by Crippen LogP contribution is -2.19. The Balaban J connectivity index is 2.91. The zero-order valence-electron chi connectivity index (χ0n) is 8.81. The van der Waals surface area contributed by atoms with Crippen molar-refractivity contribution in [1.82, 2.24) is 4.98 Å². The van der Waals surface area contributed by atoms with Crippen LogP contribution in [0.1, 0.15) is 29.3 Å². The van der Waals surface area contributed by atoms with Gasteiger partial charge in [-0.3, -0.25) is 4.98 Å². The van der Waals surface area contributed by atoms with Gasteiger partial charge in [0, 0.05) is 6.20 Å². The molecule has 0 spiro atoms. The molecule has 2 atom stereocenters. The number of nitriles is 1. The third kappa shape index (κ3) is 2.75. The maximum atomic E-state index is 9.73. The summed E-state index contributed by atoms with van der Waals surface area (Å²) in [4.78, 5) is 4.06. The highest BCUT2D eigenvalue weighted by Crippen LogP contribution is 2.20. The van der Waals surface area contributed by atoms with Crippen molar-refractivity contribution in [3.05, 3.63) is 29.1 Å². The Morgan fingerprint density at radius 3 is 2.67 bits per heavy atom. The molecule has 0 amide bonds. The molecular weight excluding hydrogens is 192 g/mol. The number of pyridine rings is 1. The van der Waals surface area contributed by atoms with Crippen LogP contribution in [-0.2, 0) is 0 Å². The van der Waals surface area contributed by atoms with E-state index < -0.39 is 12.2 Å². The molecule has 2 N–H and O–H groups in total. The van der Waals surface area contributed by atoms with Crippen LogP contribution in [0.3, 0.4) is 0 Å². The Morgan fingerprint density at radius 1 is 1.47 bits per heavy atom. The van der Waals surface area contributed by atoms with Crippen LogP contribution in [0.4, 0.5) is 0 Å². The molecule has 0 aromatic carbocycles. The van der Waals surface area contributed by atoms with Crippen LogP contribution < -0.4 is 0 Å². The predicted molar refractivity (Wildman–Crippen MR) is 54.9 cm³/mol. The third-order valence-corrected chi connectivity index (χ3v) is 2.20. The fourth-order valence-corrected chi connectivity index (χ4v) is 1.42. The van der Waals surface area contributed by atoms with Crippen molar-refractivity contribution >= 4 is 0 Å². The van der Waals surface area contributed by atoms with Crippen LogP contribution in [0.25, 0.3) is 0 Å². The van der Waals surface area contributed by atoms with Gasteiger partial charge in [0.05, 0.1) is 24.3 Å². The second-order valence-electron chi connectivity index (χ2n) is 3.59. The minimum absolute atomic E-state index is 0.101. The largest absolute Gasteiger partial charge is 0.389 e. The number of nitrogens with zero attached hydrogens (tertiary/aromatic N) is 2. The lowest BCUT2D eigenvalue weighted by atomic mass is 10.0. The van der Waals surface area contributed by atoms with Gasteiger partial charge in [-0.05, 0) is 25.0 Å². The van der Waals surface area contributed by atoms with E-state index in [9.17, 15) is 10.2 Å². The fourth-order valence-electron chi connectivity index (χ4n) is 1.42. The fraction of sp³-hybridized carbons (Fsp3) is 0.455. The van der Waals surface area contributed by atoms with Crippen molar-refractivity contribution in [2.75, 3.05) is 0 Å². The van der Waals surface area contributed by atoms with Gasteiger partial charge >= 0.3 is 0 Å². The predicted octanol–water partition coefficient (Wildman–Crippen LogP) is 1.01. The highest BCUT2D eigenvalue weighted by Gasteiger charge is 2.20. The summed E-state index contributed by atoms with van der Waals surface area (Å²) in [5, 5.41) is 27.6. The maximum absolute atomic E-state index is 9.73. The van der Waals surface area contributed by atoms with Crippen molar-refractivity contribution in [3.8, 4) is 6.07 Å². The number of hydrogen-bond donors (Lipinski definition) is 2. The summed E-state index contributed by atoms with van der Waals surface area (Å²) in [6.07, 6.45) is -0.643. The van der Waals surface area contributed by atoms with Gasteiger partial charge in [-0.2, -0.15) is 5.26 Å². The van der Waals surface area contributed by atoms with E-state index >= 15 is 0 Å². The molecule has 1 heterocycles. The topological polar surface area (TPSA) is 77.1 Å². The summed E-state index contributed by atoms with van der Waals surface area (Å²) in [5.74, 6) is 0. The van der Waals surface area contributed by atoms with E-state index in [1.807, 2.05) is 26.0 Å². The number of aliphatic hydroxyl groups is 2. The highest BCUT2D eigenvalue weighted by atomic mass is 16.3. The van der Waals surface area contributed by atoms with Crippen LogP contribution >= 0.6 is 0 Å². The van der Waals surface area contributed by atoms with Crippen molar-refractivity contribution < 1.29 is 10.2 Å². The molecule has 0 aliphatic rings. The summed E-state index contributed by atoms with van der Waals surface area (Å²) in [6.45, 7) is 3.72. The van der Waals surface area contributed by atoms with Gasteiger partial charge in [-0.15, -0.1) is 0 Å². The molecule has 0 radical (unpaired) electrons. The minimum Gasteiger partial charge on any atom is -0.389 e. The van der Waals surface area contributed by atoms with Crippen LogP contribution in [0.2, 0.25) is 0 Å². The number of hydrogen-bond acceptors (Lipinski definition) is 4. The van der Waals surface area contributed by atoms with E-state index in [1.54, 1.807) is 6.20 Å². The zero-order valence-corrected chi connectivity index (χ0v) is 8.81. The molecule has 0 saturated carbocycles. The van der Waals surface area contributed by atoms with Crippen LogP contribution in [0.15, 0.2) is 12.3 Å². The summed E-state index contributed by atoms with van der Waals surface area (Å²) in [6, 6.07) is 3.69. The van der Waals surface area contributed by atoms with Gasteiger partial charge < -0.3 is 10.2 Å². The Bertz CT molecular complexity index is 385. The van der Waals surface area contributed by atoms with E-state index in [4.69, 9.17) is 5.26 Å². The Hall–Kier alpha value is -1.44. The third-order valence-electron chi connectivity index (χ3n) is 2.20. The molecule has 2 unspecified atom stereocenters. The molecule has 0 saturated heterocycles. The van der Waals surface area contributed by atoms with E-state index in [0.29, 0.717) is 5.69 Å². The molecule has 0 aliphatic heterocycles. The van der Waals surface area contributed by atoms with Gasteiger partial charge in [-0.25, -0.2) is 0 Å². The molecule has 1 aromatic rings. The van der Waals surface area contributed by atoms with Crippen LogP contribution in [0, 0.1) is 25.2 Å². The Labute approximate surface area is 88.8 Å². The normalized spacial score (nSPS) is 14.3. The molecule has 4 heteroatoms. The van der Waals surface area contributed by atoms with Gasteiger partial charge in [0.25, 0.3) is 0 Å². The monoisotopic (exact) mass is 206 g/mol. The molecule has 4 nitrogen and oxygen atoms in total. The molecule has 0 fully saturated rings. The van der Waals surface area contributed by atoms with Crippen LogP contribution in [0.5, 0.6) is 0 Å². The first-order valence-electron chi connectivity index (χ1n) is 4.72. The second-order valence-corrected chi connectivity index (χ2v) is 3.59. The summed E-state index contributed by atoms with van der Waals surface area (Å²) in [5.41, 5.74) is 2.25. The van der Waals surface area contributed by atoms with Crippen molar-refractivity contribution in [2.45, 2.75) is 32.5 Å². The number of aryl methyl sites for hydroxylation is 2. The van der Waals surface area contributed by atoms with Gasteiger partial charge in [0.1, 0.15) is 6.10 Å². The van der Waals surface area contributed by atoms with Gasteiger partial charge in [0.2, 0.25) is 0 Å². The first kappa shape index (κ1) is 11.6. The molecule has 1 rings (SSSR count). The van der Waals surface area contributed by atoms with E-state index in [0.717, 1.165) is 11.1 Å². The molecule has 1 aromatic heterocycles. The first-order chi connectivity index (χ1) is 7.06. The number of aliphatic hydroxyl groups excluding tert-OH is 2. The van der Waals surface area contributed by atoms with Crippen molar-refractivity contribution in [2.24, 2.45) is 0 Å². The van der Waals surface area contributed by atoms with E-state index in [2.05, 4.69) is 4.98 Å². The highest BCUT2D eigenvalue weighted by molar-refractivity contribution is 5.25. The zero-order chi connectivity index (χ0) is 11.4. The minimum atomic E-state index is -1.09. The van der Waals surface area contributed by atoms with Crippen molar-refractivity contribution in [3.63, 3.8) is 0 Å². The lowest BCUT2D eigenvalue weighted by Gasteiger charge is -2.16. The summed E-state index contributed by atoms with van der Waals surface area (Å²) >= 11 is 0. The van der Waals surface area contributed by atoms with Gasteiger partial charge in [0.15, 0.2) is 0 Å². The number of rotatable bonds is 3. The number of aromatic nitrogens is 1. The quantitative estimate of drug-likeness (QED) is 0.773. The smallest absolute Gasteiger partial charge is 0.123 e. The molecule has 80 valence electrons. The molecule has 0 bridgehead atoms. The lowest BCUT2D eigenvalue weighted by molar-refractivity contribution is 0.0186. The average Bonchev–Trinajstić information content (AvgIpc) is 2.17. The van der Waals surface area contributed by atoms with E-state index in [1.165, 1.54) is 0 Å².